The molecule has 1 atom stereocenters. The van der Waals surface area contributed by atoms with Gasteiger partial charge >= 0.3 is 0 Å². The van der Waals surface area contributed by atoms with Crippen LogP contribution in [0, 0.1) is 0 Å². The Kier molecular flexibility index (Phi) is 5.40. The van der Waals surface area contributed by atoms with Gasteiger partial charge < -0.3 is 10.1 Å². The third-order valence-corrected chi connectivity index (χ3v) is 2.91. The number of benzene rings is 1. The lowest BCUT2D eigenvalue weighted by atomic mass is 10.2. The molecule has 0 aromatic heterocycles. The minimum atomic E-state index is 0.186. The minimum absolute atomic E-state index is 0.186. The van der Waals surface area contributed by atoms with Gasteiger partial charge in [0.15, 0.2) is 0 Å². The monoisotopic (exact) mass is 247 g/mol. The Morgan fingerprint density at radius 3 is 2.47 bits per heavy atom. The van der Waals surface area contributed by atoms with Crippen LogP contribution in [0.1, 0.15) is 12.5 Å². The summed E-state index contributed by atoms with van der Waals surface area (Å²) in [6.07, 6.45) is 0.186. The normalized spacial score (nSPS) is 12.8. The van der Waals surface area contributed by atoms with Crippen LogP contribution >= 0.6 is 23.2 Å². The molecule has 84 valence electrons. The van der Waals surface area contributed by atoms with E-state index in [0.717, 1.165) is 12.1 Å². The average Bonchev–Trinajstić information content (AvgIpc) is 2.22. The van der Waals surface area contributed by atoms with Gasteiger partial charge in [0.25, 0.3) is 0 Å². The van der Waals surface area contributed by atoms with Crippen molar-refractivity contribution in [2.24, 2.45) is 0 Å². The average molecular weight is 248 g/mol. The first kappa shape index (κ1) is 12.8. The van der Waals surface area contributed by atoms with Crippen LogP contribution in [0.3, 0.4) is 0 Å². The summed E-state index contributed by atoms with van der Waals surface area (Å²) in [7, 11) is 1.69. The number of ether oxygens (including phenoxy) is 1. The first-order valence-corrected chi connectivity index (χ1v) is 5.57. The lowest BCUT2D eigenvalue weighted by molar-refractivity contribution is 0.117. The van der Waals surface area contributed by atoms with Crippen molar-refractivity contribution in [1.29, 1.82) is 0 Å². The number of halogens is 2. The molecule has 0 aliphatic heterocycles. The zero-order chi connectivity index (χ0) is 11.3. The van der Waals surface area contributed by atoms with Gasteiger partial charge in [0.2, 0.25) is 0 Å². The number of rotatable bonds is 5. The van der Waals surface area contributed by atoms with Gasteiger partial charge in [-0.25, -0.2) is 0 Å². The zero-order valence-corrected chi connectivity index (χ0v) is 10.4. The molecule has 0 aliphatic rings. The van der Waals surface area contributed by atoms with Gasteiger partial charge in [-0.3, -0.25) is 0 Å². The van der Waals surface area contributed by atoms with Gasteiger partial charge in [-0.05, 0) is 19.1 Å². The Balaban J connectivity index is 2.50. The third-order valence-electron chi connectivity index (χ3n) is 2.20. The molecule has 4 heteroatoms. The van der Waals surface area contributed by atoms with Crippen LogP contribution in [0.15, 0.2) is 18.2 Å². The molecule has 0 spiro atoms. The minimum Gasteiger partial charge on any atom is -0.380 e. The maximum Gasteiger partial charge on any atom is 0.0667 e. The van der Waals surface area contributed by atoms with Gasteiger partial charge in [-0.2, -0.15) is 0 Å². The summed E-state index contributed by atoms with van der Waals surface area (Å²) in [5.41, 5.74) is 0.934. The molecule has 0 saturated heterocycles. The molecule has 0 aliphatic carbocycles. The fourth-order valence-electron chi connectivity index (χ4n) is 1.18. The quantitative estimate of drug-likeness (QED) is 0.864. The van der Waals surface area contributed by atoms with E-state index in [4.69, 9.17) is 27.9 Å². The fourth-order valence-corrected chi connectivity index (χ4v) is 1.72. The molecular formula is C11H15Cl2NO. The summed E-state index contributed by atoms with van der Waals surface area (Å²) in [5.74, 6) is 0. The number of hydrogen-bond acceptors (Lipinski definition) is 2. The summed E-state index contributed by atoms with van der Waals surface area (Å²) in [6.45, 7) is 3.44. The second-order valence-corrected chi connectivity index (χ2v) is 4.19. The third kappa shape index (κ3) is 3.99. The summed E-state index contributed by atoms with van der Waals surface area (Å²) >= 11 is 12.0. The van der Waals surface area contributed by atoms with E-state index in [1.807, 2.05) is 25.1 Å². The zero-order valence-electron chi connectivity index (χ0n) is 8.89. The smallest absolute Gasteiger partial charge is 0.0667 e. The first-order chi connectivity index (χ1) is 7.15. The van der Waals surface area contributed by atoms with Gasteiger partial charge in [0.05, 0.1) is 6.10 Å². The van der Waals surface area contributed by atoms with E-state index >= 15 is 0 Å². The fraction of sp³-hybridized carbons (Fsp3) is 0.455. The first-order valence-electron chi connectivity index (χ1n) is 4.81. The highest BCUT2D eigenvalue weighted by atomic mass is 35.5. The highest BCUT2D eigenvalue weighted by Gasteiger charge is 2.05. The SMILES string of the molecule is COC(C)CNCc1c(Cl)cccc1Cl. The highest BCUT2D eigenvalue weighted by Crippen LogP contribution is 2.23. The lowest BCUT2D eigenvalue weighted by Gasteiger charge is -2.12. The predicted molar refractivity (Wildman–Crippen MR) is 64.6 cm³/mol. The number of hydrogen-bond donors (Lipinski definition) is 1. The largest absolute Gasteiger partial charge is 0.380 e. The van der Waals surface area contributed by atoms with Crippen molar-refractivity contribution in [2.45, 2.75) is 19.6 Å². The standard InChI is InChI=1S/C11H15Cl2NO/c1-8(15-2)6-14-7-9-10(12)4-3-5-11(9)13/h3-5,8,14H,6-7H2,1-2H3. The summed E-state index contributed by atoms with van der Waals surface area (Å²) < 4.78 is 5.12. The van der Waals surface area contributed by atoms with E-state index in [1.54, 1.807) is 7.11 Å². The van der Waals surface area contributed by atoms with E-state index in [2.05, 4.69) is 5.32 Å². The van der Waals surface area contributed by atoms with Crippen LogP contribution in [0.2, 0.25) is 10.0 Å². The Morgan fingerprint density at radius 1 is 1.33 bits per heavy atom. The van der Waals surface area contributed by atoms with Crippen molar-refractivity contribution >= 4 is 23.2 Å². The van der Waals surface area contributed by atoms with Crippen molar-refractivity contribution in [1.82, 2.24) is 5.32 Å². The van der Waals surface area contributed by atoms with Crippen molar-refractivity contribution in [3.8, 4) is 0 Å². The Bertz CT molecular complexity index is 297. The van der Waals surface area contributed by atoms with E-state index in [9.17, 15) is 0 Å². The molecule has 1 unspecified atom stereocenters. The number of methoxy groups -OCH3 is 1. The van der Waals surface area contributed by atoms with Crippen LogP contribution < -0.4 is 5.32 Å². The summed E-state index contributed by atoms with van der Waals surface area (Å²) in [4.78, 5) is 0. The second-order valence-electron chi connectivity index (χ2n) is 3.38. The predicted octanol–water partition coefficient (Wildman–Crippen LogP) is 3.12. The molecule has 2 nitrogen and oxygen atoms in total. The summed E-state index contributed by atoms with van der Waals surface area (Å²) in [6, 6.07) is 5.51. The molecule has 1 rings (SSSR count). The number of nitrogens with one attached hydrogen (secondary N) is 1. The Labute approximate surface area is 101 Å². The molecule has 1 aromatic carbocycles. The molecule has 0 radical (unpaired) electrons. The van der Waals surface area contributed by atoms with Crippen molar-refractivity contribution in [3.05, 3.63) is 33.8 Å². The van der Waals surface area contributed by atoms with Crippen LogP contribution in [-0.4, -0.2) is 19.8 Å². The molecular weight excluding hydrogens is 233 g/mol. The molecule has 1 aromatic rings. The van der Waals surface area contributed by atoms with Gasteiger partial charge in [0.1, 0.15) is 0 Å². The Morgan fingerprint density at radius 2 is 1.93 bits per heavy atom. The molecule has 1 N–H and O–H groups in total. The molecule has 0 fully saturated rings. The van der Waals surface area contributed by atoms with Crippen LogP contribution in [0.4, 0.5) is 0 Å². The van der Waals surface area contributed by atoms with Gasteiger partial charge in [0, 0.05) is 35.8 Å². The van der Waals surface area contributed by atoms with Crippen molar-refractivity contribution in [2.75, 3.05) is 13.7 Å². The van der Waals surface area contributed by atoms with E-state index in [1.165, 1.54) is 0 Å². The van der Waals surface area contributed by atoms with E-state index < -0.39 is 0 Å². The molecule has 0 amide bonds. The van der Waals surface area contributed by atoms with Gasteiger partial charge in [-0.15, -0.1) is 0 Å². The molecule has 15 heavy (non-hydrogen) atoms. The molecule has 0 heterocycles. The summed E-state index contributed by atoms with van der Waals surface area (Å²) in [5, 5.41) is 4.63. The van der Waals surface area contributed by atoms with E-state index in [-0.39, 0.29) is 6.10 Å². The highest BCUT2D eigenvalue weighted by molar-refractivity contribution is 6.35. The van der Waals surface area contributed by atoms with Crippen LogP contribution in [0.25, 0.3) is 0 Å². The second kappa shape index (κ2) is 6.33. The molecule has 0 bridgehead atoms. The van der Waals surface area contributed by atoms with Gasteiger partial charge in [-0.1, -0.05) is 29.3 Å². The molecule has 0 saturated carbocycles. The lowest BCUT2D eigenvalue weighted by Crippen LogP contribution is -2.25. The topological polar surface area (TPSA) is 21.3 Å². The van der Waals surface area contributed by atoms with Crippen LogP contribution in [0.5, 0.6) is 0 Å². The maximum atomic E-state index is 6.02. The van der Waals surface area contributed by atoms with E-state index in [0.29, 0.717) is 16.6 Å². The van der Waals surface area contributed by atoms with Crippen LogP contribution in [-0.2, 0) is 11.3 Å². The maximum absolute atomic E-state index is 6.02. The van der Waals surface area contributed by atoms with Crippen molar-refractivity contribution < 1.29 is 4.74 Å². The Hall–Kier alpha value is -0.280. The van der Waals surface area contributed by atoms with Crippen molar-refractivity contribution in [3.63, 3.8) is 0 Å².